The minimum absolute atomic E-state index is 0.317. The second-order valence-corrected chi connectivity index (χ2v) is 3.90. The van der Waals surface area contributed by atoms with Crippen molar-refractivity contribution in [1.82, 2.24) is 0 Å². The molecule has 2 aromatic carbocycles. The average molecular weight is 227 g/mol. The lowest BCUT2D eigenvalue weighted by Crippen LogP contribution is -1.92. The number of rotatable bonds is 2. The Balaban J connectivity index is 1.97. The first-order chi connectivity index (χ1) is 8.36. The van der Waals surface area contributed by atoms with E-state index in [0.29, 0.717) is 6.79 Å². The zero-order chi connectivity index (χ0) is 11.7. The lowest BCUT2D eigenvalue weighted by Gasteiger charge is -2.05. The molecule has 0 spiro atoms. The third-order valence-corrected chi connectivity index (χ3v) is 2.88. The minimum atomic E-state index is 0.317. The Morgan fingerprint density at radius 2 is 1.59 bits per heavy atom. The number of nitrogens with one attached hydrogen (secondary N) is 1. The van der Waals surface area contributed by atoms with Gasteiger partial charge in [0.2, 0.25) is 6.79 Å². The van der Waals surface area contributed by atoms with Crippen molar-refractivity contribution >= 4 is 5.69 Å². The molecule has 86 valence electrons. The zero-order valence-electron chi connectivity index (χ0n) is 9.57. The molecule has 0 bridgehead atoms. The quantitative estimate of drug-likeness (QED) is 0.855. The molecule has 0 atom stereocenters. The molecule has 0 saturated carbocycles. The molecule has 2 aromatic rings. The van der Waals surface area contributed by atoms with Gasteiger partial charge in [-0.15, -0.1) is 0 Å². The van der Waals surface area contributed by atoms with Crippen LogP contribution >= 0.6 is 0 Å². The van der Waals surface area contributed by atoms with E-state index in [1.807, 2.05) is 25.2 Å². The molecule has 0 unspecified atom stereocenters. The van der Waals surface area contributed by atoms with Crippen LogP contribution in [0.15, 0.2) is 42.5 Å². The molecule has 1 aliphatic heterocycles. The molecule has 1 aliphatic rings. The van der Waals surface area contributed by atoms with Gasteiger partial charge in [-0.1, -0.05) is 18.2 Å². The Morgan fingerprint density at radius 3 is 2.35 bits per heavy atom. The van der Waals surface area contributed by atoms with Crippen molar-refractivity contribution in [1.29, 1.82) is 0 Å². The molecule has 0 aliphatic carbocycles. The van der Waals surface area contributed by atoms with Crippen LogP contribution in [0, 0.1) is 0 Å². The maximum atomic E-state index is 5.37. The normalized spacial score (nSPS) is 12.5. The highest BCUT2D eigenvalue weighted by Crippen LogP contribution is 2.35. The van der Waals surface area contributed by atoms with Crippen LogP contribution in [-0.2, 0) is 0 Å². The van der Waals surface area contributed by atoms with E-state index in [2.05, 4.69) is 29.6 Å². The van der Waals surface area contributed by atoms with Crippen LogP contribution in [0.25, 0.3) is 11.1 Å². The molecule has 1 heterocycles. The van der Waals surface area contributed by atoms with Crippen molar-refractivity contribution in [3.8, 4) is 22.6 Å². The second kappa shape index (κ2) is 4.01. The van der Waals surface area contributed by atoms with Gasteiger partial charge in [0.05, 0.1) is 0 Å². The van der Waals surface area contributed by atoms with Crippen molar-refractivity contribution in [3.63, 3.8) is 0 Å². The molecule has 0 saturated heterocycles. The van der Waals surface area contributed by atoms with Crippen LogP contribution in [0.4, 0.5) is 5.69 Å². The van der Waals surface area contributed by atoms with Gasteiger partial charge in [0, 0.05) is 12.7 Å². The summed E-state index contributed by atoms with van der Waals surface area (Å²) in [5.41, 5.74) is 3.41. The minimum Gasteiger partial charge on any atom is -0.454 e. The van der Waals surface area contributed by atoms with Gasteiger partial charge in [-0.2, -0.15) is 0 Å². The standard InChI is InChI=1S/C14H13NO2/c1-15-12-5-2-10(3-6-12)11-4-7-13-14(8-11)17-9-16-13/h2-8,15H,9H2,1H3. The van der Waals surface area contributed by atoms with Crippen LogP contribution in [0.3, 0.4) is 0 Å². The molecule has 0 radical (unpaired) electrons. The van der Waals surface area contributed by atoms with Crippen molar-refractivity contribution < 1.29 is 9.47 Å². The third-order valence-electron chi connectivity index (χ3n) is 2.88. The first-order valence-electron chi connectivity index (χ1n) is 5.54. The molecule has 3 heteroatoms. The monoisotopic (exact) mass is 227 g/mol. The Morgan fingerprint density at radius 1 is 0.882 bits per heavy atom. The summed E-state index contributed by atoms with van der Waals surface area (Å²) in [6, 6.07) is 14.3. The third kappa shape index (κ3) is 1.80. The van der Waals surface area contributed by atoms with Gasteiger partial charge in [-0.05, 0) is 35.4 Å². The van der Waals surface area contributed by atoms with Crippen molar-refractivity contribution in [3.05, 3.63) is 42.5 Å². The van der Waals surface area contributed by atoms with E-state index < -0.39 is 0 Å². The number of hydrogen-bond acceptors (Lipinski definition) is 3. The van der Waals surface area contributed by atoms with Gasteiger partial charge < -0.3 is 14.8 Å². The van der Waals surface area contributed by atoms with Gasteiger partial charge in [0.15, 0.2) is 11.5 Å². The summed E-state index contributed by atoms with van der Waals surface area (Å²) in [6.07, 6.45) is 0. The van der Waals surface area contributed by atoms with Gasteiger partial charge in [-0.25, -0.2) is 0 Å². The van der Waals surface area contributed by atoms with Gasteiger partial charge >= 0.3 is 0 Å². The van der Waals surface area contributed by atoms with E-state index in [1.165, 1.54) is 5.56 Å². The van der Waals surface area contributed by atoms with Crippen molar-refractivity contribution in [2.75, 3.05) is 19.2 Å². The average Bonchev–Trinajstić information content (AvgIpc) is 2.86. The molecular formula is C14H13NO2. The number of benzene rings is 2. The van der Waals surface area contributed by atoms with Crippen molar-refractivity contribution in [2.45, 2.75) is 0 Å². The van der Waals surface area contributed by atoms with Crippen LogP contribution in [0.1, 0.15) is 0 Å². The zero-order valence-corrected chi connectivity index (χ0v) is 9.57. The lowest BCUT2D eigenvalue weighted by atomic mass is 10.0. The van der Waals surface area contributed by atoms with Crippen LogP contribution in [0.2, 0.25) is 0 Å². The molecule has 0 aromatic heterocycles. The van der Waals surface area contributed by atoms with E-state index in [0.717, 1.165) is 22.7 Å². The molecule has 17 heavy (non-hydrogen) atoms. The molecule has 0 fully saturated rings. The van der Waals surface area contributed by atoms with E-state index in [9.17, 15) is 0 Å². The van der Waals surface area contributed by atoms with E-state index >= 15 is 0 Å². The van der Waals surface area contributed by atoms with Gasteiger partial charge in [0.1, 0.15) is 0 Å². The maximum absolute atomic E-state index is 5.37. The summed E-state index contributed by atoms with van der Waals surface area (Å²) >= 11 is 0. The van der Waals surface area contributed by atoms with E-state index in [1.54, 1.807) is 0 Å². The summed E-state index contributed by atoms with van der Waals surface area (Å²) in [7, 11) is 1.91. The SMILES string of the molecule is CNc1ccc(-c2ccc3c(c2)OCO3)cc1. The smallest absolute Gasteiger partial charge is 0.231 e. The Kier molecular flexibility index (Phi) is 2.37. The van der Waals surface area contributed by atoms with Crippen LogP contribution in [-0.4, -0.2) is 13.8 Å². The Bertz CT molecular complexity index is 534. The predicted octanol–water partition coefficient (Wildman–Crippen LogP) is 3.12. The molecule has 3 rings (SSSR count). The van der Waals surface area contributed by atoms with E-state index in [-0.39, 0.29) is 0 Å². The van der Waals surface area contributed by atoms with Crippen LogP contribution < -0.4 is 14.8 Å². The number of anilines is 1. The summed E-state index contributed by atoms with van der Waals surface area (Å²) in [6.45, 7) is 0.317. The predicted molar refractivity (Wildman–Crippen MR) is 67.5 cm³/mol. The fourth-order valence-electron chi connectivity index (χ4n) is 1.91. The second-order valence-electron chi connectivity index (χ2n) is 3.90. The number of fused-ring (bicyclic) bond motifs is 1. The molecular weight excluding hydrogens is 214 g/mol. The largest absolute Gasteiger partial charge is 0.454 e. The molecule has 3 nitrogen and oxygen atoms in total. The molecule has 1 N–H and O–H groups in total. The highest BCUT2D eigenvalue weighted by Gasteiger charge is 2.13. The topological polar surface area (TPSA) is 30.5 Å². The summed E-state index contributed by atoms with van der Waals surface area (Å²) in [5, 5.41) is 3.10. The number of hydrogen-bond donors (Lipinski definition) is 1. The summed E-state index contributed by atoms with van der Waals surface area (Å²) in [5.74, 6) is 1.64. The van der Waals surface area contributed by atoms with Crippen LogP contribution in [0.5, 0.6) is 11.5 Å². The Labute approximate surface area is 100.0 Å². The summed E-state index contributed by atoms with van der Waals surface area (Å²) < 4.78 is 10.7. The molecule has 0 amide bonds. The number of ether oxygens (including phenoxy) is 2. The fourth-order valence-corrected chi connectivity index (χ4v) is 1.91. The first-order valence-corrected chi connectivity index (χ1v) is 5.54. The van der Waals surface area contributed by atoms with Gasteiger partial charge in [0.25, 0.3) is 0 Å². The maximum Gasteiger partial charge on any atom is 0.231 e. The fraction of sp³-hybridized carbons (Fsp3) is 0.143. The first kappa shape index (κ1) is 10.0. The Hall–Kier alpha value is -2.16. The highest BCUT2D eigenvalue weighted by atomic mass is 16.7. The van der Waals surface area contributed by atoms with E-state index in [4.69, 9.17) is 9.47 Å². The highest BCUT2D eigenvalue weighted by molar-refractivity contribution is 5.69. The van der Waals surface area contributed by atoms with Gasteiger partial charge in [-0.3, -0.25) is 0 Å². The summed E-state index contributed by atoms with van der Waals surface area (Å²) in [4.78, 5) is 0. The lowest BCUT2D eigenvalue weighted by molar-refractivity contribution is 0.174. The van der Waals surface area contributed by atoms with Crippen molar-refractivity contribution in [2.24, 2.45) is 0 Å².